The predicted molar refractivity (Wildman–Crippen MR) is 110 cm³/mol. The zero-order valence-corrected chi connectivity index (χ0v) is 15.9. The van der Waals surface area contributed by atoms with Crippen LogP contribution in [0.4, 0.5) is 27.5 Å². The molecular weight excluding hydrogens is 391 g/mol. The van der Waals surface area contributed by atoms with Crippen molar-refractivity contribution >= 4 is 34.2 Å². The van der Waals surface area contributed by atoms with Crippen molar-refractivity contribution in [1.82, 2.24) is 15.0 Å². The van der Waals surface area contributed by atoms with Gasteiger partial charge in [-0.25, -0.2) is 14.4 Å². The number of non-ortho nitro benzene ring substituents is 1. The molecule has 2 N–H and O–H groups in total. The lowest BCUT2D eigenvalue weighted by molar-refractivity contribution is -0.384. The molecule has 0 aliphatic rings. The lowest BCUT2D eigenvalue weighted by Crippen LogP contribution is -2.07. The molecule has 0 aliphatic carbocycles. The maximum atomic E-state index is 13.4. The lowest BCUT2D eigenvalue weighted by atomic mass is 10.3. The Morgan fingerprint density at radius 3 is 2.83 bits per heavy atom. The van der Waals surface area contributed by atoms with Gasteiger partial charge >= 0.3 is 0 Å². The predicted octanol–water partition coefficient (Wildman–Crippen LogP) is 4.90. The fourth-order valence-corrected chi connectivity index (χ4v) is 2.81. The van der Waals surface area contributed by atoms with Crippen LogP contribution < -0.4 is 10.6 Å². The summed E-state index contributed by atoms with van der Waals surface area (Å²) in [5.74, 6) is 0.615. The molecule has 4 aromatic rings. The number of fused-ring (bicyclic) bond motifs is 1. The number of aromatic nitrogens is 3. The Kier molecular flexibility index (Phi) is 5.21. The van der Waals surface area contributed by atoms with E-state index in [9.17, 15) is 14.5 Å². The molecule has 0 saturated carbocycles. The third kappa shape index (κ3) is 4.02. The van der Waals surface area contributed by atoms with Gasteiger partial charge in [0.05, 0.1) is 16.6 Å². The molecule has 2 aromatic carbocycles. The summed E-state index contributed by atoms with van der Waals surface area (Å²) < 4.78 is 19.2. The molecule has 9 nitrogen and oxygen atoms in total. The molecule has 10 heteroatoms. The van der Waals surface area contributed by atoms with Crippen LogP contribution in [0.2, 0.25) is 0 Å². The number of hydrogen-bond acceptors (Lipinski definition) is 8. The van der Waals surface area contributed by atoms with Crippen molar-refractivity contribution in [3.63, 3.8) is 0 Å². The van der Waals surface area contributed by atoms with Crippen molar-refractivity contribution in [2.45, 2.75) is 13.3 Å². The molecule has 0 amide bonds. The van der Waals surface area contributed by atoms with Gasteiger partial charge in [0.2, 0.25) is 11.8 Å². The van der Waals surface area contributed by atoms with Crippen molar-refractivity contribution in [2.24, 2.45) is 0 Å². The van der Waals surface area contributed by atoms with Crippen LogP contribution in [0.3, 0.4) is 0 Å². The topological polar surface area (TPSA) is 119 Å². The zero-order valence-electron chi connectivity index (χ0n) is 15.9. The van der Waals surface area contributed by atoms with Crippen molar-refractivity contribution in [2.75, 3.05) is 17.2 Å². The number of rotatable bonds is 7. The van der Waals surface area contributed by atoms with Crippen molar-refractivity contribution < 1.29 is 13.7 Å². The summed E-state index contributed by atoms with van der Waals surface area (Å²) in [6, 6.07) is 10.2. The standard InChI is InChI=1S/C20H17FN6O3/c1-2-8-22-18-15(11-23-20(26-18)24-13-5-3-4-12(21)9-13)19-25-16-7-6-14(27(28)29)10-17(16)30-19/h3-7,9-11H,2,8H2,1H3,(H2,22,23,24,26). The summed E-state index contributed by atoms with van der Waals surface area (Å²) in [5, 5.41) is 17.1. The van der Waals surface area contributed by atoms with Crippen LogP contribution in [0.25, 0.3) is 22.6 Å². The van der Waals surface area contributed by atoms with E-state index in [0.29, 0.717) is 34.7 Å². The average Bonchev–Trinajstić information content (AvgIpc) is 3.15. The Hall–Kier alpha value is -4.08. The SMILES string of the molecule is CCCNc1nc(Nc2cccc(F)c2)ncc1-c1nc2ccc([N+](=O)[O-])cc2o1. The van der Waals surface area contributed by atoms with E-state index in [1.54, 1.807) is 12.1 Å². The molecule has 0 spiro atoms. The molecule has 30 heavy (non-hydrogen) atoms. The number of anilines is 3. The van der Waals surface area contributed by atoms with Crippen LogP contribution in [0.1, 0.15) is 13.3 Å². The molecule has 2 aromatic heterocycles. The van der Waals surface area contributed by atoms with E-state index in [1.807, 2.05) is 6.92 Å². The fourth-order valence-electron chi connectivity index (χ4n) is 2.81. The largest absolute Gasteiger partial charge is 0.436 e. The van der Waals surface area contributed by atoms with Gasteiger partial charge in [-0.15, -0.1) is 0 Å². The summed E-state index contributed by atoms with van der Waals surface area (Å²) in [7, 11) is 0. The lowest BCUT2D eigenvalue weighted by Gasteiger charge is -2.11. The van der Waals surface area contributed by atoms with Gasteiger partial charge in [0.1, 0.15) is 17.2 Å². The number of nitro groups is 1. The van der Waals surface area contributed by atoms with Crippen LogP contribution in [0.5, 0.6) is 0 Å². The van der Waals surface area contributed by atoms with Gasteiger partial charge in [-0.2, -0.15) is 4.98 Å². The van der Waals surface area contributed by atoms with E-state index >= 15 is 0 Å². The Labute approximate surface area is 170 Å². The first-order chi connectivity index (χ1) is 14.5. The van der Waals surface area contributed by atoms with Gasteiger partial charge in [-0.3, -0.25) is 10.1 Å². The van der Waals surface area contributed by atoms with Gasteiger partial charge in [-0.05, 0) is 30.7 Å². The molecule has 0 fully saturated rings. The van der Waals surface area contributed by atoms with Crippen molar-refractivity contribution in [1.29, 1.82) is 0 Å². The highest BCUT2D eigenvalue weighted by molar-refractivity contribution is 5.81. The third-order valence-electron chi connectivity index (χ3n) is 4.23. The van der Waals surface area contributed by atoms with Gasteiger partial charge in [0, 0.05) is 24.5 Å². The monoisotopic (exact) mass is 408 g/mol. The Morgan fingerprint density at radius 1 is 1.20 bits per heavy atom. The van der Waals surface area contributed by atoms with Crippen LogP contribution in [-0.2, 0) is 0 Å². The molecule has 0 aliphatic heterocycles. The summed E-state index contributed by atoms with van der Waals surface area (Å²) in [5.41, 5.74) is 1.72. The van der Waals surface area contributed by atoms with Crippen LogP contribution >= 0.6 is 0 Å². The van der Waals surface area contributed by atoms with Crippen molar-refractivity contribution in [3.8, 4) is 11.5 Å². The number of nitrogens with zero attached hydrogens (tertiary/aromatic N) is 4. The van der Waals surface area contributed by atoms with E-state index < -0.39 is 4.92 Å². The van der Waals surface area contributed by atoms with E-state index in [4.69, 9.17) is 4.42 Å². The quantitative estimate of drug-likeness (QED) is 0.327. The zero-order chi connectivity index (χ0) is 21.1. The maximum Gasteiger partial charge on any atom is 0.273 e. The normalized spacial score (nSPS) is 10.9. The van der Waals surface area contributed by atoms with Crippen LogP contribution in [0.15, 0.2) is 53.1 Å². The molecule has 152 valence electrons. The van der Waals surface area contributed by atoms with E-state index in [0.717, 1.165) is 6.42 Å². The second kappa shape index (κ2) is 8.11. The molecule has 2 heterocycles. The fraction of sp³-hybridized carbons (Fsp3) is 0.150. The number of oxazole rings is 1. The smallest absolute Gasteiger partial charge is 0.273 e. The van der Waals surface area contributed by atoms with E-state index in [1.165, 1.54) is 36.5 Å². The first-order valence-electron chi connectivity index (χ1n) is 9.22. The van der Waals surface area contributed by atoms with Gasteiger partial charge in [0.15, 0.2) is 5.58 Å². The Morgan fingerprint density at radius 2 is 2.07 bits per heavy atom. The number of nitro benzene ring substituents is 1. The molecule has 4 rings (SSSR count). The van der Waals surface area contributed by atoms with E-state index in [-0.39, 0.29) is 23.3 Å². The number of halogens is 1. The minimum Gasteiger partial charge on any atom is -0.436 e. The average molecular weight is 408 g/mol. The van der Waals surface area contributed by atoms with Gasteiger partial charge in [0.25, 0.3) is 5.69 Å². The highest BCUT2D eigenvalue weighted by Gasteiger charge is 2.17. The highest BCUT2D eigenvalue weighted by atomic mass is 19.1. The maximum absolute atomic E-state index is 13.4. The summed E-state index contributed by atoms with van der Waals surface area (Å²) >= 11 is 0. The summed E-state index contributed by atoms with van der Waals surface area (Å²) in [4.78, 5) is 23.6. The minimum atomic E-state index is -0.494. The van der Waals surface area contributed by atoms with Gasteiger partial charge < -0.3 is 15.1 Å². The molecule has 0 saturated heterocycles. The van der Waals surface area contributed by atoms with Crippen LogP contribution in [-0.4, -0.2) is 26.4 Å². The van der Waals surface area contributed by atoms with E-state index in [2.05, 4.69) is 25.6 Å². The number of nitrogens with one attached hydrogen (secondary N) is 2. The summed E-state index contributed by atoms with van der Waals surface area (Å²) in [6.45, 7) is 2.66. The number of hydrogen-bond donors (Lipinski definition) is 2. The molecule has 0 atom stereocenters. The molecular formula is C20H17FN6O3. The first-order valence-corrected chi connectivity index (χ1v) is 9.22. The third-order valence-corrected chi connectivity index (χ3v) is 4.23. The van der Waals surface area contributed by atoms with Gasteiger partial charge in [-0.1, -0.05) is 13.0 Å². The number of benzene rings is 2. The molecule has 0 unspecified atom stereocenters. The van der Waals surface area contributed by atoms with Crippen LogP contribution in [0, 0.1) is 15.9 Å². The molecule has 0 radical (unpaired) electrons. The first kappa shape index (κ1) is 19.2. The Bertz CT molecular complexity index is 1230. The summed E-state index contributed by atoms with van der Waals surface area (Å²) in [6.07, 6.45) is 2.39. The van der Waals surface area contributed by atoms with Crippen molar-refractivity contribution in [3.05, 3.63) is 64.6 Å². The second-order valence-corrected chi connectivity index (χ2v) is 6.45. The highest BCUT2D eigenvalue weighted by Crippen LogP contribution is 2.31. The second-order valence-electron chi connectivity index (χ2n) is 6.45. The minimum absolute atomic E-state index is 0.0829. The molecule has 0 bridgehead atoms. The Balaban J connectivity index is 1.71.